The van der Waals surface area contributed by atoms with E-state index < -0.39 is 11.4 Å². The summed E-state index contributed by atoms with van der Waals surface area (Å²) in [5, 5.41) is 12.1. The summed E-state index contributed by atoms with van der Waals surface area (Å²) >= 11 is 0. The number of amides is 1. The second-order valence-electron chi connectivity index (χ2n) is 6.27. The summed E-state index contributed by atoms with van der Waals surface area (Å²) < 4.78 is 0. The highest BCUT2D eigenvalue weighted by atomic mass is 16.4. The molecule has 0 unspecified atom stereocenters. The molecule has 0 spiro atoms. The van der Waals surface area contributed by atoms with E-state index in [1.165, 1.54) is 0 Å². The van der Waals surface area contributed by atoms with Gasteiger partial charge >= 0.3 is 5.97 Å². The van der Waals surface area contributed by atoms with Crippen LogP contribution >= 0.6 is 0 Å². The van der Waals surface area contributed by atoms with Crippen LogP contribution in [0.5, 0.6) is 0 Å². The third kappa shape index (κ3) is 3.36. The lowest BCUT2D eigenvalue weighted by atomic mass is 9.66. The number of aliphatic carboxylic acids is 1. The molecule has 1 saturated carbocycles. The van der Waals surface area contributed by atoms with Gasteiger partial charge in [0.1, 0.15) is 5.82 Å². The largest absolute Gasteiger partial charge is 0.481 e. The number of aromatic nitrogens is 2. The van der Waals surface area contributed by atoms with Crippen LogP contribution in [0.3, 0.4) is 0 Å². The van der Waals surface area contributed by atoms with E-state index in [0.29, 0.717) is 19.4 Å². The molecule has 0 saturated heterocycles. The van der Waals surface area contributed by atoms with Crippen molar-refractivity contribution in [3.05, 3.63) is 30.1 Å². The molecule has 0 bridgehead atoms. The van der Waals surface area contributed by atoms with Crippen LogP contribution in [-0.2, 0) is 16.0 Å². The van der Waals surface area contributed by atoms with Gasteiger partial charge in [0.15, 0.2) is 0 Å². The van der Waals surface area contributed by atoms with Gasteiger partial charge in [-0.3, -0.25) is 9.59 Å². The number of imidazole rings is 1. The average Bonchev–Trinajstić information content (AvgIpc) is 2.89. The fourth-order valence-corrected chi connectivity index (χ4v) is 3.05. The molecule has 1 aromatic heterocycles. The number of nitrogens with zero attached hydrogens (tertiary/aromatic N) is 1. The third-order valence-corrected chi connectivity index (χ3v) is 4.61. The van der Waals surface area contributed by atoms with Gasteiger partial charge in [-0.25, -0.2) is 4.98 Å². The molecule has 122 valence electrons. The minimum absolute atomic E-state index is 0.0902. The topological polar surface area (TPSA) is 95.1 Å². The smallest absolute Gasteiger partial charge is 0.310 e. The quantitative estimate of drug-likeness (QED) is 0.683. The molecule has 1 aliphatic carbocycles. The van der Waals surface area contributed by atoms with Gasteiger partial charge in [0.05, 0.1) is 16.4 Å². The van der Waals surface area contributed by atoms with Crippen molar-refractivity contribution in [1.29, 1.82) is 0 Å². The Hall–Kier alpha value is -2.37. The fourth-order valence-electron chi connectivity index (χ4n) is 3.05. The molecule has 2 aromatic rings. The van der Waals surface area contributed by atoms with Gasteiger partial charge in [0.25, 0.3) is 0 Å². The van der Waals surface area contributed by atoms with E-state index in [4.69, 9.17) is 0 Å². The lowest BCUT2D eigenvalue weighted by Gasteiger charge is -2.36. The van der Waals surface area contributed by atoms with Crippen LogP contribution in [0.1, 0.15) is 37.9 Å². The van der Waals surface area contributed by atoms with E-state index in [1.807, 2.05) is 24.3 Å². The Morgan fingerprint density at radius 2 is 2.09 bits per heavy atom. The summed E-state index contributed by atoms with van der Waals surface area (Å²) in [6, 6.07) is 7.85. The van der Waals surface area contributed by atoms with Gasteiger partial charge < -0.3 is 15.4 Å². The van der Waals surface area contributed by atoms with E-state index in [1.54, 1.807) is 0 Å². The van der Waals surface area contributed by atoms with Crippen LogP contribution in [0.25, 0.3) is 11.0 Å². The number of carboxylic acid groups (broad SMARTS) is 1. The van der Waals surface area contributed by atoms with Crippen molar-refractivity contribution >= 4 is 22.9 Å². The number of hydrogen-bond donors (Lipinski definition) is 3. The van der Waals surface area contributed by atoms with Crippen LogP contribution in [0.4, 0.5) is 0 Å². The minimum Gasteiger partial charge on any atom is -0.481 e. The van der Waals surface area contributed by atoms with Crippen LogP contribution in [0.2, 0.25) is 0 Å². The molecular formula is C17H21N3O3. The Bertz CT molecular complexity index is 686. The van der Waals surface area contributed by atoms with E-state index in [-0.39, 0.29) is 12.3 Å². The molecule has 1 aromatic carbocycles. The number of aryl methyl sites for hydroxylation is 1. The van der Waals surface area contributed by atoms with Crippen molar-refractivity contribution in [3.63, 3.8) is 0 Å². The zero-order valence-electron chi connectivity index (χ0n) is 13.0. The highest BCUT2D eigenvalue weighted by Crippen LogP contribution is 2.44. The first-order chi connectivity index (χ1) is 11.1. The summed E-state index contributed by atoms with van der Waals surface area (Å²) in [5.41, 5.74) is 1.14. The van der Waals surface area contributed by atoms with Gasteiger partial charge in [-0.15, -0.1) is 0 Å². The molecule has 3 N–H and O–H groups in total. The van der Waals surface area contributed by atoms with E-state index in [9.17, 15) is 14.7 Å². The lowest BCUT2D eigenvalue weighted by Crippen LogP contribution is -2.42. The molecule has 1 heterocycles. The van der Waals surface area contributed by atoms with Crippen molar-refractivity contribution in [2.24, 2.45) is 5.41 Å². The molecule has 0 radical (unpaired) electrons. The molecule has 1 fully saturated rings. The number of hydrogen-bond acceptors (Lipinski definition) is 3. The number of carboxylic acids is 1. The van der Waals surface area contributed by atoms with Crippen molar-refractivity contribution in [3.8, 4) is 0 Å². The Kier molecular flexibility index (Phi) is 4.32. The first kappa shape index (κ1) is 15.5. The molecule has 6 heteroatoms. The summed E-state index contributed by atoms with van der Waals surface area (Å²) in [7, 11) is 0. The van der Waals surface area contributed by atoms with Crippen LogP contribution in [-0.4, -0.2) is 33.5 Å². The molecule has 0 atom stereocenters. The maximum atomic E-state index is 11.9. The number of H-pyrrole nitrogens is 1. The van der Waals surface area contributed by atoms with E-state index in [0.717, 1.165) is 36.1 Å². The monoisotopic (exact) mass is 315 g/mol. The number of rotatable bonds is 7. The normalized spacial score (nSPS) is 16.0. The van der Waals surface area contributed by atoms with E-state index >= 15 is 0 Å². The molecule has 3 rings (SSSR count). The molecule has 23 heavy (non-hydrogen) atoms. The Morgan fingerprint density at radius 3 is 2.74 bits per heavy atom. The average molecular weight is 315 g/mol. The van der Waals surface area contributed by atoms with Crippen molar-refractivity contribution in [2.45, 2.75) is 38.5 Å². The Labute approximate surface area is 134 Å². The maximum Gasteiger partial charge on any atom is 0.310 e. The number of aromatic amines is 1. The second kappa shape index (κ2) is 6.40. The van der Waals surface area contributed by atoms with Gasteiger partial charge in [0.2, 0.25) is 5.91 Å². The van der Waals surface area contributed by atoms with Crippen LogP contribution in [0, 0.1) is 5.41 Å². The number of nitrogens with one attached hydrogen (secondary N) is 2. The molecule has 1 aliphatic rings. The zero-order chi connectivity index (χ0) is 16.3. The number of carbonyl (C=O) groups excluding carboxylic acids is 1. The highest BCUT2D eigenvalue weighted by molar-refractivity contribution is 5.85. The third-order valence-electron chi connectivity index (χ3n) is 4.61. The first-order valence-corrected chi connectivity index (χ1v) is 8.03. The van der Waals surface area contributed by atoms with Crippen LogP contribution < -0.4 is 5.32 Å². The summed E-state index contributed by atoms with van der Waals surface area (Å²) in [6.45, 7) is 0.533. The standard InChI is InChI=1S/C17H21N3O3/c21-15(11-17(16(22)23)8-4-9-17)18-10-3-7-14-19-12-5-1-2-6-13(12)20-14/h1-2,5-6H,3-4,7-11H2,(H,18,21)(H,19,20)(H,22,23). The van der Waals surface area contributed by atoms with Crippen molar-refractivity contribution in [1.82, 2.24) is 15.3 Å². The van der Waals surface area contributed by atoms with Gasteiger partial charge in [-0.1, -0.05) is 18.6 Å². The maximum absolute atomic E-state index is 11.9. The highest BCUT2D eigenvalue weighted by Gasteiger charge is 2.45. The Morgan fingerprint density at radius 1 is 1.30 bits per heavy atom. The molecule has 6 nitrogen and oxygen atoms in total. The molecular weight excluding hydrogens is 294 g/mol. The van der Waals surface area contributed by atoms with Crippen molar-refractivity contribution in [2.75, 3.05) is 6.54 Å². The lowest BCUT2D eigenvalue weighted by molar-refractivity contribution is -0.157. The molecule has 0 aliphatic heterocycles. The van der Waals surface area contributed by atoms with Gasteiger partial charge in [-0.2, -0.15) is 0 Å². The number of fused-ring (bicyclic) bond motifs is 1. The predicted molar refractivity (Wildman–Crippen MR) is 86.0 cm³/mol. The number of carbonyl (C=O) groups is 2. The number of benzene rings is 1. The predicted octanol–water partition coefficient (Wildman–Crippen LogP) is 2.26. The second-order valence-corrected chi connectivity index (χ2v) is 6.27. The SMILES string of the molecule is O=C(CC1(C(=O)O)CCC1)NCCCc1nc2ccccc2[nH]1. The number of para-hydroxylation sites is 2. The molecule has 1 amide bonds. The first-order valence-electron chi connectivity index (χ1n) is 8.03. The van der Waals surface area contributed by atoms with Gasteiger partial charge in [0, 0.05) is 19.4 Å². The zero-order valence-corrected chi connectivity index (χ0v) is 13.0. The Balaban J connectivity index is 1.42. The summed E-state index contributed by atoms with van der Waals surface area (Å²) in [4.78, 5) is 30.9. The van der Waals surface area contributed by atoms with Crippen LogP contribution in [0.15, 0.2) is 24.3 Å². The summed E-state index contributed by atoms with van der Waals surface area (Å²) in [5.74, 6) is -0.112. The van der Waals surface area contributed by atoms with Crippen molar-refractivity contribution < 1.29 is 14.7 Å². The summed E-state index contributed by atoms with van der Waals surface area (Å²) in [6.07, 6.45) is 3.72. The van der Waals surface area contributed by atoms with E-state index in [2.05, 4.69) is 15.3 Å². The minimum atomic E-state index is -0.846. The van der Waals surface area contributed by atoms with Gasteiger partial charge in [-0.05, 0) is 31.4 Å². The fraction of sp³-hybridized carbons (Fsp3) is 0.471.